The molecule has 1 saturated carbocycles. The molecule has 2 aliphatic rings. The van der Waals surface area contributed by atoms with Crippen molar-refractivity contribution < 1.29 is 0 Å². The van der Waals surface area contributed by atoms with Gasteiger partial charge in [-0.15, -0.1) is 0 Å². The highest BCUT2D eigenvalue weighted by molar-refractivity contribution is 5.04. The highest BCUT2D eigenvalue weighted by Gasteiger charge is 2.53. The van der Waals surface area contributed by atoms with Crippen LogP contribution in [-0.4, -0.2) is 25.0 Å². The zero-order valence-electron chi connectivity index (χ0n) is 9.56. The summed E-state index contributed by atoms with van der Waals surface area (Å²) in [4.78, 5) is 2.48. The predicted molar refractivity (Wildman–Crippen MR) is 56.7 cm³/mol. The third kappa shape index (κ3) is 1.41. The monoisotopic (exact) mass is 181 g/mol. The van der Waals surface area contributed by atoms with E-state index >= 15 is 0 Å². The van der Waals surface area contributed by atoms with Gasteiger partial charge < -0.3 is 4.90 Å². The van der Waals surface area contributed by atoms with Gasteiger partial charge in [-0.2, -0.15) is 0 Å². The Morgan fingerprint density at radius 2 is 1.85 bits per heavy atom. The lowest BCUT2D eigenvalue weighted by Crippen LogP contribution is -2.58. The largest absolute Gasteiger partial charge is 0.305 e. The van der Waals surface area contributed by atoms with E-state index in [2.05, 4.69) is 32.7 Å². The van der Waals surface area contributed by atoms with E-state index in [9.17, 15) is 0 Å². The highest BCUT2D eigenvalue weighted by atomic mass is 15.2. The van der Waals surface area contributed by atoms with Crippen LogP contribution in [-0.2, 0) is 0 Å². The van der Waals surface area contributed by atoms with Crippen LogP contribution in [0.5, 0.6) is 0 Å². The van der Waals surface area contributed by atoms with Crippen molar-refractivity contribution in [3.63, 3.8) is 0 Å². The van der Waals surface area contributed by atoms with E-state index in [0.29, 0.717) is 10.8 Å². The lowest BCUT2D eigenvalue weighted by molar-refractivity contribution is -0.0493. The normalized spacial score (nSPS) is 33.7. The van der Waals surface area contributed by atoms with Crippen LogP contribution in [0.3, 0.4) is 0 Å². The minimum Gasteiger partial charge on any atom is -0.305 e. The minimum absolute atomic E-state index is 0.526. The molecule has 13 heavy (non-hydrogen) atoms. The van der Waals surface area contributed by atoms with Crippen molar-refractivity contribution in [1.82, 2.24) is 4.90 Å². The van der Waals surface area contributed by atoms with Crippen LogP contribution in [0.25, 0.3) is 0 Å². The fraction of sp³-hybridized carbons (Fsp3) is 1.00. The molecule has 1 saturated heterocycles. The van der Waals surface area contributed by atoms with Crippen LogP contribution in [0.15, 0.2) is 0 Å². The summed E-state index contributed by atoms with van der Waals surface area (Å²) < 4.78 is 0. The smallest absolute Gasteiger partial charge is 0.00503 e. The van der Waals surface area contributed by atoms with Crippen LogP contribution in [0.2, 0.25) is 0 Å². The van der Waals surface area contributed by atoms with E-state index < -0.39 is 0 Å². The van der Waals surface area contributed by atoms with Gasteiger partial charge in [-0.1, -0.05) is 27.2 Å². The topological polar surface area (TPSA) is 3.24 Å². The maximum Gasteiger partial charge on any atom is 0.00503 e. The summed E-state index contributed by atoms with van der Waals surface area (Å²) in [6.45, 7) is 9.97. The Hall–Kier alpha value is -0.0400. The Kier molecular flexibility index (Phi) is 1.99. The second-order valence-corrected chi connectivity index (χ2v) is 6.35. The average Bonchev–Trinajstić information content (AvgIpc) is 2.28. The van der Waals surface area contributed by atoms with Gasteiger partial charge in [0.05, 0.1) is 0 Å². The number of rotatable bonds is 0. The second kappa shape index (κ2) is 2.73. The van der Waals surface area contributed by atoms with Gasteiger partial charge in [0.2, 0.25) is 0 Å². The van der Waals surface area contributed by atoms with Crippen LogP contribution in [0.1, 0.15) is 40.0 Å². The molecule has 0 bridgehead atoms. The van der Waals surface area contributed by atoms with Crippen molar-refractivity contribution >= 4 is 0 Å². The molecule has 2 fully saturated rings. The fourth-order valence-corrected chi connectivity index (χ4v) is 3.90. The third-order valence-electron chi connectivity index (χ3n) is 4.12. The van der Waals surface area contributed by atoms with Crippen LogP contribution in [0.4, 0.5) is 0 Å². The molecule has 2 rings (SSSR count). The number of hydrogen-bond acceptors (Lipinski definition) is 1. The first-order chi connectivity index (χ1) is 5.94. The van der Waals surface area contributed by atoms with Crippen molar-refractivity contribution in [3.05, 3.63) is 0 Å². The molecular formula is C12H23N. The van der Waals surface area contributed by atoms with Gasteiger partial charge in [0.25, 0.3) is 0 Å². The summed E-state index contributed by atoms with van der Waals surface area (Å²) in [7, 11) is 2.25. The SMILES string of the molecule is CN1CC2(CCCC2C(C)(C)C)C1. The molecule has 1 aliphatic carbocycles. The zero-order valence-corrected chi connectivity index (χ0v) is 9.56. The van der Waals surface area contributed by atoms with E-state index in [1.807, 2.05) is 0 Å². The van der Waals surface area contributed by atoms with Crippen LogP contribution in [0, 0.1) is 16.7 Å². The number of likely N-dealkylation sites (tertiary alicyclic amines) is 1. The first kappa shape index (κ1) is 9.51. The van der Waals surface area contributed by atoms with E-state index in [-0.39, 0.29) is 0 Å². The van der Waals surface area contributed by atoms with Crippen LogP contribution >= 0.6 is 0 Å². The van der Waals surface area contributed by atoms with E-state index in [4.69, 9.17) is 0 Å². The van der Waals surface area contributed by atoms with Crippen molar-refractivity contribution in [2.75, 3.05) is 20.1 Å². The van der Waals surface area contributed by atoms with E-state index in [0.717, 1.165) is 5.92 Å². The van der Waals surface area contributed by atoms with Gasteiger partial charge in [-0.3, -0.25) is 0 Å². The van der Waals surface area contributed by atoms with Crippen molar-refractivity contribution in [2.24, 2.45) is 16.7 Å². The van der Waals surface area contributed by atoms with Crippen molar-refractivity contribution in [2.45, 2.75) is 40.0 Å². The summed E-state index contributed by atoms with van der Waals surface area (Å²) in [6.07, 6.45) is 4.42. The lowest BCUT2D eigenvalue weighted by Gasteiger charge is -2.54. The van der Waals surface area contributed by atoms with Gasteiger partial charge in [0.1, 0.15) is 0 Å². The Labute approximate surface area is 82.5 Å². The van der Waals surface area contributed by atoms with Gasteiger partial charge >= 0.3 is 0 Å². The van der Waals surface area contributed by atoms with E-state index in [1.165, 1.54) is 32.4 Å². The summed E-state index contributed by atoms with van der Waals surface area (Å²) in [5.41, 5.74) is 1.24. The number of nitrogens with zero attached hydrogens (tertiary/aromatic N) is 1. The molecule has 1 heterocycles. The molecule has 1 heteroatoms. The molecule has 0 aromatic heterocycles. The Morgan fingerprint density at radius 3 is 2.31 bits per heavy atom. The minimum atomic E-state index is 0.526. The standard InChI is InChI=1S/C12H23N/c1-11(2,3)10-6-5-7-12(10)8-13(4)9-12/h10H,5-9H2,1-4H3. The summed E-state index contributed by atoms with van der Waals surface area (Å²) in [5.74, 6) is 0.969. The van der Waals surface area contributed by atoms with Gasteiger partial charge in [-0.25, -0.2) is 0 Å². The maximum atomic E-state index is 2.48. The quantitative estimate of drug-likeness (QED) is 0.555. The summed E-state index contributed by atoms with van der Waals surface area (Å²) in [5, 5.41) is 0. The molecule has 1 nitrogen and oxygen atoms in total. The predicted octanol–water partition coefficient (Wildman–Crippen LogP) is 2.76. The maximum absolute atomic E-state index is 2.48. The summed E-state index contributed by atoms with van der Waals surface area (Å²) >= 11 is 0. The number of hydrogen-bond donors (Lipinski definition) is 0. The van der Waals surface area contributed by atoms with Gasteiger partial charge in [0, 0.05) is 13.1 Å². The molecule has 1 aliphatic heterocycles. The molecule has 76 valence electrons. The Morgan fingerprint density at radius 1 is 1.23 bits per heavy atom. The highest BCUT2D eigenvalue weighted by Crippen LogP contribution is 2.55. The second-order valence-electron chi connectivity index (χ2n) is 6.35. The Balaban J connectivity index is 2.12. The molecular weight excluding hydrogens is 158 g/mol. The Bertz CT molecular complexity index is 196. The van der Waals surface area contributed by atoms with Crippen molar-refractivity contribution in [1.29, 1.82) is 0 Å². The van der Waals surface area contributed by atoms with Crippen LogP contribution < -0.4 is 0 Å². The molecule has 0 aromatic carbocycles. The van der Waals surface area contributed by atoms with Gasteiger partial charge in [0.15, 0.2) is 0 Å². The molecule has 1 unspecified atom stereocenters. The third-order valence-corrected chi connectivity index (χ3v) is 4.12. The lowest BCUT2D eigenvalue weighted by atomic mass is 9.62. The van der Waals surface area contributed by atoms with Crippen molar-refractivity contribution in [3.8, 4) is 0 Å². The zero-order chi connectivity index (χ0) is 9.69. The first-order valence-electron chi connectivity index (χ1n) is 5.63. The summed E-state index contributed by atoms with van der Waals surface area (Å²) in [6, 6.07) is 0. The molecule has 0 N–H and O–H groups in total. The van der Waals surface area contributed by atoms with E-state index in [1.54, 1.807) is 0 Å². The van der Waals surface area contributed by atoms with Gasteiger partial charge in [-0.05, 0) is 36.6 Å². The molecule has 0 radical (unpaired) electrons. The fourth-order valence-electron chi connectivity index (χ4n) is 3.90. The molecule has 1 atom stereocenters. The molecule has 1 spiro atoms. The average molecular weight is 181 g/mol. The molecule has 0 aromatic rings. The first-order valence-corrected chi connectivity index (χ1v) is 5.63. The molecule has 0 amide bonds.